The van der Waals surface area contributed by atoms with Crippen LogP contribution in [-0.2, 0) is 0 Å². The molecule has 1 N–H and O–H groups in total. The summed E-state index contributed by atoms with van der Waals surface area (Å²) in [6.07, 6.45) is 2.69. The molecule has 0 spiro atoms. The van der Waals surface area contributed by atoms with Crippen molar-refractivity contribution >= 4 is 17.9 Å². The summed E-state index contributed by atoms with van der Waals surface area (Å²) in [5.74, 6) is 0.252. The molecule has 0 aromatic heterocycles. The van der Waals surface area contributed by atoms with E-state index in [2.05, 4.69) is 12.2 Å². The van der Waals surface area contributed by atoms with Gasteiger partial charge >= 0.3 is 0 Å². The second-order valence-corrected chi connectivity index (χ2v) is 6.94. The lowest BCUT2D eigenvalue weighted by molar-refractivity contribution is 0.102. The molecule has 0 saturated heterocycles. The number of aryl methyl sites for hydroxylation is 1. The van der Waals surface area contributed by atoms with E-state index in [9.17, 15) is 9.59 Å². The van der Waals surface area contributed by atoms with Crippen LogP contribution in [0.1, 0.15) is 46.0 Å². The van der Waals surface area contributed by atoms with E-state index in [1.54, 1.807) is 12.1 Å². The number of aldehydes is 1. The minimum absolute atomic E-state index is 0.298. The lowest BCUT2D eigenvalue weighted by atomic mass is 10.0. The number of benzene rings is 3. The van der Waals surface area contributed by atoms with Gasteiger partial charge in [0.05, 0.1) is 17.9 Å². The monoisotopic (exact) mass is 387 g/mol. The van der Waals surface area contributed by atoms with Gasteiger partial charge in [0.15, 0.2) is 6.29 Å². The molecule has 3 aromatic carbocycles. The van der Waals surface area contributed by atoms with Crippen LogP contribution in [0.25, 0.3) is 11.1 Å². The van der Waals surface area contributed by atoms with Crippen LogP contribution in [0, 0.1) is 6.92 Å². The Bertz CT molecular complexity index is 996. The number of carbonyl (C=O) groups excluding carboxylic acids is 2. The van der Waals surface area contributed by atoms with Crippen LogP contribution in [0.15, 0.2) is 66.7 Å². The molecule has 0 aliphatic rings. The number of anilines is 1. The summed E-state index contributed by atoms with van der Waals surface area (Å²) in [5.41, 5.74) is 4.27. The summed E-state index contributed by atoms with van der Waals surface area (Å²) in [6.45, 7) is 4.58. The van der Waals surface area contributed by atoms with Gasteiger partial charge in [0, 0.05) is 5.56 Å². The van der Waals surface area contributed by atoms with Gasteiger partial charge in [-0.05, 0) is 48.7 Å². The summed E-state index contributed by atoms with van der Waals surface area (Å²) < 4.78 is 5.81. The molecule has 0 heterocycles. The van der Waals surface area contributed by atoms with E-state index in [4.69, 9.17) is 4.74 Å². The van der Waals surface area contributed by atoms with E-state index in [1.807, 2.05) is 61.5 Å². The van der Waals surface area contributed by atoms with Crippen LogP contribution < -0.4 is 10.1 Å². The second-order valence-electron chi connectivity index (χ2n) is 6.94. The molecular weight excluding hydrogens is 362 g/mol. The summed E-state index contributed by atoms with van der Waals surface area (Å²) in [5, 5.41) is 2.90. The van der Waals surface area contributed by atoms with Crippen molar-refractivity contribution in [3.05, 3.63) is 83.4 Å². The normalized spacial score (nSPS) is 10.4. The average molecular weight is 387 g/mol. The Labute approximate surface area is 171 Å². The van der Waals surface area contributed by atoms with E-state index in [1.165, 1.54) is 0 Å². The highest BCUT2D eigenvalue weighted by atomic mass is 16.5. The SMILES string of the molecule is CCCCOc1ccc(C)cc1C(=O)Nc1cc(-c2ccccc2)ccc1C=O. The average Bonchev–Trinajstić information content (AvgIpc) is 2.75. The number of unbranched alkanes of at least 4 members (excludes halogenated alkanes) is 1. The Morgan fingerprint density at radius 3 is 2.52 bits per heavy atom. The first-order valence-corrected chi connectivity index (χ1v) is 9.82. The zero-order valence-corrected chi connectivity index (χ0v) is 16.8. The van der Waals surface area contributed by atoms with E-state index in [-0.39, 0.29) is 5.91 Å². The predicted octanol–water partition coefficient (Wildman–Crippen LogP) is 5.91. The van der Waals surface area contributed by atoms with Gasteiger partial charge in [-0.25, -0.2) is 0 Å². The highest BCUT2D eigenvalue weighted by Gasteiger charge is 2.15. The molecule has 0 atom stereocenters. The van der Waals surface area contributed by atoms with Crippen LogP contribution in [-0.4, -0.2) is 18.8 Å². The fraction of sp³-hybridized carbons (Fsp3) is 0.200. The molecule has 0 aliphatic carbocycles. The van der Waals surface area contributed by atoms with Crippen LogP contribution in [0.4, 0.5) is 5.69 Å². The third kappa shape index (κ3) is 5.11. The minimum Gasteiger partial charge on any atom is -0.493 e. The largest absolute Gasteiger partial charge is 0.493 e. The van der Waals surface area contributed by atoms with Crippen molar-refractivity contribution in [2.45, 2.75) is 26.7 Å². The molecule has 0 saturated carbocycles. The molecule has 148 valence electrons. The lowest BCUT2D eigenvalue weighted by Gasteiger charge is -2.14. The van der Waals surface area contributed by atoms with Gasteiger partial charge in [0.25, 0.3) is 5.91 Å². The summed E-state index contributed by atoms with van der Waals surface area (Å²) in [6, 6.07) is 20.8. The van der Waals surface area contributed by atoms with Gasteiger partial charge in [-0.3, -0.25) is 9.59 Å². The molecule has 1 amide bonds. The van der Waals surface area contributed by atoms with E-state index in [0.717, 1.165) is 35.8 Å². The molecular formula is C25H25NO3. The Kier molecular flexibility index (Phi) is 6.80. The van der Waals surface area contributed by atoms with Crippen LogP contribution in [0.5, 0.6) is 5.75 Å². The molecule has 3 aromatic rings. The third-order valence-corrected chi connectivity index (χ3v) is 4.67. The van der Waals surface area contributed by atoms with Crippen molar-refractivity contribution in [2.24, 2.45) is 0 Å². The Morgan fingerprint density at radius 2 is 1.79 bits per heavy atom. The van der Waals surface area contributed by atoms with Gasteiger partial charge in [-0.2, -0.15) is 0 Å². The van der Waals surface area contributed by atoms with Crippen molar-refractivity contribution in [2.75, 3.05) is 11.9 Å². The highest BCUT2D eigenvalue weighted by molar-refractivity contribution is 6.08. The quantitative estimate of drug-likeness (QED) is 0.386. The first-order valence-electron chi connectivity index (χ1n) is 9.82. The predicted molar refractivity (Wildman–Crippen MR) is 117 cm³/mol. The third-order valence-electron chi connectivity index (χ3n) is 4.67. The maximum absolute atomic E-state index is 13.0. The van der Waals surface area contributed by atoms with E-state index < -0.39 is 0 Å². The highest BCUT2D eigenvalue weighted by Crippen LogP contribution is 2.27. The van der Waals surface area contributed by atoms with Crippen molar-refractivity contribution < 1.29 is 14.3 Å². The summed E-state index contributed by atoms with van der Waals surface area (Å²) in [4.78, 5) is 24.5. The number of carbonyl (C=O) groups is 2. The van der Waals surface area contributed by atoms with Gasteiger partial charge in [-0.15, -0.1) is 0 Å². The molecule has 0 radical (unpaired) electrons. The smallest absolute Gasteiger partial charge is 0.259 e. The Morgan fingerprint density at radius 1 is 1.00 bits per heavy atom. The van der Waals surface area contributed by atoms with Gasteiger partial charge < -0.3 is 10.1 Å². The van der Waals surface area contributed by atoms with Crippen LogP contribution in [0.3, 0.4) is 0 Å². The molecule has 4 nitrogen and oxygen atoms in total. The van der Waals surface area contributed by atoms with Gasteiger partial charge in [0.1, 0.15) is 5.75 Å². The van der Waals surface area contributed by atoms with Crippen LogP contribution >= 0.6 is 0 Å². The number of rotatable bonds is 8. The fourth-order valence-electron chi connectivity index (χ4n) is 3.04. The number of amides is 1. The Hall–Kier alpha value is -3.40. The van der Waals surface area contributed by atoms with Crippen molar-refractivity contribution in [1.82, 2.24) is 0 Å². The first kappa shape index (κ1) is 20.3. The second kappa shape index (κ2) is 9.69. The summed E-state index contributed by atoms with van der Waals surface area (Å²) in [7, 11) is 0. The van der Waals surface area contributed by atoms with Crippen LogP contribution in [0.2, 0.25) is 0 Å². The standard InChI is InChI=1S/C25H25NO3/c1-3-4-14-29-24-13-10-18(2)15-22(24)25(28)26-23-16-20(11-12-21(23)17-27)19-8-6-5-7-9-19/h5-13,15-17H,3-4,14H2,1-2H3,(H,26,28). The zero-order valence-electron chi connectivity index (χ0n) is 16.8. The van der Waals surface area contributed by atoms with E-state index in [0.29, 0.717) is 29.2 Å². The minimum atomic E-state index is -0.298. The number of hydrogen-bond donors (Lipinski definition) is 1. The molecule has 29 heavy (non-hydrogen) atoms. The maximum atomic E-state index is 13.0. The Balaban J connectivity index is 1.90. The molecule has 0 unspecified atom stereocenters. The van der Waals surface area contributed by atoms with Crippen molar-refractivity contribution in [1.29, 1.82) is 0 Å². The first-order chi connectivity index (χ1) is 14.1. The summed E-state index contributed by atoms with van der Waals surface area (Å²) >= 11 is 0. The molecule has 4 heteroatoms. The molecule has 3 rings (SSSR count). The lowest BCUT2D eigenvalue weighted by Crippen LogP contribution is -2.15. The van der Waals surface area contributed by atoms with Gasteiger partial charge in [-0.1, -0.05) is 61.4 Å². The number of nitrogens with one attached hydrogen (secondary N) is 1. The number of hydrogen-bond acceptors (Lipinski definition) is 3. The van der Waals surface area contributed by atoms with Crippen molar-refractivity contribution in [3.8, 4) is 16.9 Å². The molecule has 0 fully saturated rings. The number of ether oxygens (including phenoxy) is 1. The maximum Gasteiger partial charge on any atom is 0.259 e. The topological polar surface area (TPSA) is 55.4 Å². The van der Waals surface area contributed by atoms with E-state index >= 15 is 0 Å². The zero-order chi connectivity index (χ0) is 20.6. The van der Waals surface area contributed by atoms with Gasteiger partial charge in [0.2, 0.25) is 0 Å². The molecule has 0 bridgehead atoms. The fourth-order valence-corrected chi connectivity index (χ4v) is 3.04. The van der Waals surface area contributed by atoms with Crippen molar-refractivity contribution in [3.63, 3.8) is 0 Å². The molecule has 0 aliphatic heterocycles.